The second kappa shape index (κ2) is 7.47. The van der Waals surface area contributed by atoms with Crippen LogP contribution >= 0.6 is 0 Å². The van der Waals surface area contributed by atoms with Crippen molar-refractivity contribution in [3.63, 3.8) is 0 Å². The SMILES string of the molecule is Cc1cnc(C(=O)NCCNc2cc(-n3ccnc3C)ncn2)cn1. The number of aromatic nitrogens is 6. The molecule has 0 aliphatic carbocycles. The monoisotopic (exact) mass is 338 g/mol. The lowest BCUT2D eigenvalue weighted by atomic mass is 10.4. The molecule has 0 fully saturated rings. The minimum Gasteiger partial charge on any atom is -0.368 e. The van der Waals surface area contributed by atoms with Crippen LogP contribution in [0, 0.1) is 13.8 Å². The number of aryl methyl sites for hydroxylation is 2. The Morgan fingerprint density at radius 3 is 2.68 bits per heavy atom. The van der Waals surface area contributed by atoms with E-state index in [1.807, 2.05) is 30.7 Å². The Kier molecular flexibility index (Phi) is 4.93. The molecule has 0 aliphatic rings. The molecule has 25 heavy (non-hydrogen) atoms. The molecule has 0 aromatic carbocycles. The van der Waals surface area contributed by atoms with Gasteiger partial charge in [-0.15, -0.1) is 0 Å². The summed E-state index contributed by atoms with van der Waals surface area (Å²) < 4.78 is 1.87. The summed E-state index contributed by atoms with van der Waals surface area (Å²) in [6.07, 6.45) is 8.06. The van der Waals surface area contributed by atoms with Crippen molar-refractivity contribution in [3.05, 3.63) is 54.4 Å². The molecular weight excluding hydrogens is 320 g/mol. The molecule has 0 spiro atoms. The van der Waals surface area contributed by atoms with E-state index in [0.717, 1.165) is 17.3 Å². The Labute approximate surface area is 144 Å². The van der Waals surface area contributed by atoms with E-state index in [9.17, 15) is 4.79 Å². The van der Waals surface area contributed by atoms with Gasteiger partial charge < -0.3 is 10.6 Å². The zero-order chi connectivity index (χ0) is 17.6. The van der Waals surface area contributed by atoms with Crippen LogP contribution in [0.3, 0.4) is 0 Å². The maximum Gasteiger partial charge on any atom is 0.271 e. The summed E-state index contributed by atoms with van der Waals surface area (Å²) in [5, 5.41) is 5.92. The highest BCUT2D eigenvalue weighted by atomic mass is 16.1. The Hall–Kier alpha value is -3.36. The largest absolute Gasteiger partial charge is 0.368 e. The zero-order valence-electron chi connectivity index (χ0n) is 14.0. The van der Waals surface area contributed by atoms with Crippen LogP contribution in [0.4, 0.5) is 5.82 Å². The van der Waals surface area contributed by atoms with Crippen molar-refractivity contribution in [1.82, 2.24) is 34.8 Å². The average Bonchev–Trinajstić information content (AvgIpc) is 3.05. The predicted molar refractivity (Wildman–Crippen MR) is 91.5 cm³/mol. The number of carbonyl (C=O) groups excluding carboxylic acids is 1. The van der Waals surface area contributed by atoms with Crippen LogP contribution < -0.4 is 10.6 Å². The molecule has 0 unspecified atom stereocenters. The van der Waals surface area contributed by atoms with Crippen LogP contribution in [0.2, 0.25) is 0 Å². The fraction of sp³-hybridized carbons (Fsp3) is 0.250. The number of imidazole rings is 1. The van der Waals surface area contributed by atoms with E-state index in [2.05, 4.69) is 35.6 Å². The van der Waals surface area contributed by atoms with Gasteiger partial charge in [-0.1, -0.05) is 0 Å². The topological polar surface area (TPSA) is 111 Å². The van der Waals surface area contributed by atoms with Crippen molar-refractivity contribution in [2.75, 3.05) is 18.4 Å². The summed E-state index contributed by atoms with van der Waals surface area (Å²) in [4.78, 5) is 32.6. The van der Waals surface area contributed by atoms with Gasteiger partial charge >= 0.3 is 0 Å². The third-order valence-electron chi connectivity index (χ3n) is 3.46. The lowest BCUT2D eigenvalue weighted by Crippen LogP contribution is -2.29. The fourth-order valence-electron chi connectivity index (χ4n) is 2.16. The molecule has 3 heterocycles. The first-order chi connectivity index (χ1) is 12.1. The van der Waals surface area contributed by atoms with E-state index in [1.54, 1.807) is 12.4 Å². The number of rotatable bonds is 6. The fourth-order valence-corrected chi connectivity index (χ4v) is 2.16. The summed E-state index contributed by atoms with van der Waals surface area (Å²) in [5.41, 5.74) is 1.07. The van der Waals surface area contributed by atoms with Crippen LogP contribution in [-0.4, -0.2) is 48.5 Å². The third kappa shape index (κ3) is 4.14. The second-order valence-electron chi connectivity index (χ2n) is 5.33. The molecule has 0 radical (unpaired) electrons. The maximum atomic E-state index is 11.9. The number of amides is 1. The molecule has 3 aromatic heterocycles. The molecule has 3 aromatic rings. The van der Waals surface area contributed by atoms with E-state index in [0.29, 0.717) is 24.6 Å². The summed E-state index contributed by atoms with van der Waals surface area (Å²) in [6, 6.07) is 1.82. The lowest BCUT2D eigenvalue weighted by Gasteiger charge is -2.09. The standard InChI is InChI=1S/C16H18N8O/c1-11-8-21-13(9-20-11)16(25)19-4-3-18-14-7-15(23-10-22-14)24-6-5-17-12(24)2/h5-10H,3-4H2,1-2H3,(H,19,25)(H,18,22,23). The van der Waals surface area contributed by atoms with Gasteiger partial charge in [0.2, 0.25) is 0 Å². The van der Waals surface area contributed by atoms with Crippen LogP contribution in [0.15, 0.2) is 37.2 Å². The molecular formula is C16H18N8O. The van der Waals surface area contributed by atoms with Crippen LogP contribution in [0.25, 0.3) is 5.82 Å². The molecule has 0 aliphatic heterocycles. The number of anilines is 1. The molecule has 1 amide bonds. The van der Waals surface area contributed by atoms with E-state index in [1.165, 1.54) is 12.5 Å². The lowest BCUT2D eigenvalue weighted by molar-refractivity contribution is 0.0950. The van der Waals surface area contributed by atoms with Gasteiger partial charge in [0.05, 0.1) is 11.9 Å². The molecule has 128 valence electrons. The van der Waals surface area contributed by atoms with Gasteiger partial charge in [0, 0.05) is 37.7 Å². The molecule has 9 heteroatoms. The van der Waals surface area contributed by atoms with E-state index >= 15 is 0 Å². The number of carbonyl (C=O) groups is 1. The molecule has 9 nitrogen and oxygen atoms in total. The Morgan fingerprint density at radius 2 is 1.96 bits per heavy atom. The minimum atomic E-state index is -0.258. The molecule has 2 N–H and O–H groups in total. The first kappa shape index (κ1) is 16.5. The van der Waals surface area contributed by atoms with Crippen molar-refractivity contribution in [2.45, 2.75) is 13.8 Å². The predicted octanol–water partition coefficient (Wildman–Crippen LogP) is 0.911. The molecule has 3 rings (SSSR count). The first-order valence-corrected chi connectivity index (χ1v) is 7.76. The zero-order valence-corrected chi connectivity index (χ0v) is 14.0. The van der Waals surface area contributed by atoms with Crippen LogP contribution in [0.5, 0.6) is 0 Å². The number of nitrogens with one attached hydrogen (secondary N) is 2. The molecule has 0 saturated heterocycles. The molecule has 0 atom stereocenters. The summed E-state index contributed by atoms with van der Waals surface area (Å²) in [6.45, 7) is 4.67. The highest BCUT2D eigenvalue weighted by Gasteiger charge is 2.07. The summed E-state index contributed by atoms with van der Waals surface area (Å²) >= 11 is 0. The van der Waals surface area contributed by atoms with Crippen molar-refractivity contribution in [1.29, 1.82) is 0 Å². The number of nitrogens with zero attached hydrogens (tertiary/aromatic N) is 6. The van der Waals surface area contributed by atoms with Crippen LogP contribution in [0.1, 0.15) is 22.0 Å². The van der Waals surface area contributed by atoms with Crippen molar-refractivity contribution < 1.29 is 4.79 Å². The number of hydrogen-bond donors (Lipinski definition) is 2. The van der Waals surface area contributed by atoms with Gasteiger partial charge in [0.1, 0.15) is 29.5 Å². The summed E-state index contributed by atoms with van der Waals surface area (Å²) in [5.74, 6) is 1.98. The second-order valence-corrected chi connectivity index (χ2v) is 5.33. The van der Waals surface area contributed by atoms with E-state index in [-0.39, 0.29) is 5.91 Å². The van der Waals surface area contributed by atoms with Gasteiger partial charge in [-0.3, -0.25) is 14.3 Å². The average molecular weight is 338 g/mol. The maximum absolute atomic E-state index is 11.9. The highest BCUT2D eigenvalue weighted by molar-refractivity contribution is 5.91. The van der Waals surface area contributed by atoms with E-state index < -0.39 is 0 Å². The van der Waals surface area contributed by atoms with Crippen LogP contribution in [-0.2, 0) is 0 Å². The van der Waals surface area contributed by atoms with Gasteiger partial charge in [0.15, 0.2) is 0 Å². The van der Waals surface area contributed by atoms with Gasteiger partial charge in [-0.05, 0) is 13.8 Å². The number of hydrogen-bond acceptors (Lipinski definition) is 7. The normalized spacial score (nSPS) is 10.5. The highest BCUT2D eigenvalue weighted by Crippen LogP contribution is 2.10. The van der Waals surface area contributed by atoms with Crippen molar-refractivity contribution in [2.24, 2.45) is 0 Å². The smallest absolute Gasteiger partial charge is 0.271 e. The molecule has 0 bridgehead atoms. The Morgan fingerprint density at radius 1 is 1.08 bits per heavy atom. The quantitative estimate of drug-likeness (QED) is 0.643. The first-order valence-electron chi connectivity index (χ1n) is 7.76. The Balaban J connectivity index is 1.52. The van der Waals surface area contributed by atoms with Crippen molar-refractivity contribution in [3.8, 4) is 5.82 Å². The third-order valence-corrected chi connectivity index (χ3v) is 3.46. The molecule has 0 saturated carbocycles. The van der Waals surface area contributed by atoms with Gasteiger partial charge in [-0.25, -0.2) is 19.9 Å². The minimum absolute atomic E-state index is 0.258. The summed E-state index contributed by atoms with van der Waals surface area (Å²) in [7, 11) is 0. The van der Waals surface area contributed by atoms with Gasteiger partial charge in [-0.2, -0.15) is 0 Å². The Bertz CT molecular complexity index is 859. The van der Waals surface area contributed by atoms with E-state index in [4.69, 9.17) is 0 Å². The van der Waals surface area contributed by atoms with Gasteiger partial charge in [0.25, 0.3) is 5.91 Å². The van der Waals surface area contributed by atoms with Crippen molar-refractivity contribution >= 4 is 11.7 Å².